The van der Waals surface area contributed by atoms with Gasteiger partial charge in [0.25, 0.3) is 0 Å². The molecule has 0 fully saturated rings. The van der Waals surface area contributed by atoms with Crippen LogP contribution < -0.4 is 0 Å². The van der Waals surface area contributed by atoms with Crippen molar-refractivity contribution in [3.05, 3.63) is 12.2 Å². The average Bonchev–Trinajstić information content (AvgIpc) is 2.22. The Morgan fingerprint density at radius 3 is 2.18 bits per heavy atom. The van der Waals surface area contributed by atoms with Crippen molar-refractivity contribution in [1.29, 1.82) is 0 Å². The maximum atomic E-state index is 11.4. The molecule has 5 heteroatoms. The summed E-state index contributed by atoms with van der Waals surface area (Å²) in [4.78, 5) is 11.0. The van der Waals surface area contributed by atoms with Crippen molar-refractivity contribution in [3.8, 4) is 0 Å². The molecule has 0 aromatic heterocycles. The van der Waals surface area contributed by atoms with Crippen molar-refractivity contribution in [3.63, 3.8) is 0 Å². The fourth-order valence-corrected chi connectivity index (χ4v) is 2.30. The van der Waals surface area contributed by atoms with E-state index in [0.717, 1.165) is 25.7 Å². The lowest BCUT2D eigenvalue weighted by Crippen LogP contribution is -2.16. The van der Waals surface area contributed by atoms with Gasteiger partial charge in [-0.3, -0.25) is 0 Å². The van der Waals surface area contributed by atoms with Crippen LogP contribution in [0.25, 0.3) is 0 Å². The first-order valence-electron chi connectivity index (χ1n) is 6.01. The molecule has 0 aliphatic carbocycles. The van der Waals surface area contributed by atoms with Gasteiger partial charge in [0, 0.05) is 5.57 Å². The summed E-state index contributed by atoms with van der Waals surface area (Å²) in [5.41, 5.74) is 0.0940. The van der Waals surface area contributed by atoms with Crippen LogP contribution >= 0.6 is 0 Å². The molecule has 4 nitrogen and oxygen atoms in total. The van der Waals surface area contributed by atoms with Crippen LogP contribution in [0.3, 0.4) is 0 Å². The highest BCUT2D eigenvalue weighted by Gasteiger charge is 2.16. The molecular weight excluding hydrogens is 240 g/mol. The lowest BCUT2D eigenvalue weighted by Gasteiger charge is -2.05. The third kappa shape index (κ3) is 8.92. The summed E-state index contributed by atoms with van der Waals surface area (Å²) in [5, 5.41) is 0. The molecule has 0 N–H and O–H groups in total. The van der Waals surface area contributed by atoms with Crippen molar-refractivity contribution in [2.75, 3.05) is 5.75 Å². The molecule has 0 amide bonds. The third-order valence-electron chi connectivity index (χ3n) is 2.30. The maximum absolute atomic E-state index is 11.4. The molecule has 0 spiro atoms. The van der Waals surface area contributed by atoms with Gasteiger partial charge in [-0.15, -0.1) is 0 Å². The summed E-state index contributed by atoms with van der Waals surface area (Å²) in [6.07, 6.45) is 5.88. The second-order valence-corrected chi connectivity index (χ2v) is 5.87. The molecule has 0 bridgehead atoms. The Balaban J connectivity index is 3.79. The van der Waals surface area contributed by atoms with Crippen LogP contribution in [0.4, 0.5) is 0 Å². The van der Waals surface area contributed by atoms with Crippen molar-refractivity contribution >= 4 is 16.1 Å². The van der Waals surface area contributed by atoms with E-state index in [-0.39, 0.29) is 11.3 Å². The van der Waals surface area contributed by atoms with Gasteiger partial charge in [0.2, 0.25) is 0 Å². The number of hydrogen-bond acceptors (Lipinski definition) is 4. The lowest BCUT2D eigenvalue weighted by molar-refractivity contribution is -0.129. The van der Waals surface area contributed by atoms with Crippen LogP contribution in [0.1, 0.15) is 52.4 Å². The zero-order valence-corrected chi connectivity index (χ0v) is 11.5. The minimum Gasteiger partial charge on any atom is -0.342 e. The largest absolute Gasteiger partial charge is 0.348 e. The van der Waals surface area contributed by atoms with Gasteiger partial charge in [0.05, 0.1) is 5.75 Å². The lowest BCUT2D eigenvalue weighted by atomic mass is 10.1. The Morgan fingerprint density at radius 2 is 1.65 bits per heavy atom. The van der Waals surface area contributed by atoms with Gasteiger partial charge in [0.1, 0.15) is 0 Å². The molecule has 0 aromatic carbocycles. The minimum absolute atomic E-state index is 0.0940. The number of carbonyl (C=O) groups is 1. The Bertz CT molecular complexity index is 344. The normalized spacial score (nSPS) is 11.2. The van der Waals surface area contributed by atoms with E-state index in [9.17, 15) is 13.2 Å². The van der Waals surface area contributed by atoms with Crippen LogP contribution in [0, 0.1) is 0 Å². The molecule has 0 radical (unpaired) electrons. The Morgan fingerprint density at radius 1 is 1.12 bits per heavy atom. The Hall–Kier alpha value is -0.840. The number of rotatable bonds is 9. The molecular formula is C12H22O4S. The SMILES string of the molecule is C=C(C)C(=O)OS(=O)(=O)CCCCCCCC. The fourth-order valence-electron chi connectivity index (χ4n) is 1.29. The summed E-state index contributed by atoms with van der Waals surface area (Å²) in [6, 6.07) is 0. The predicted molar refractivity (Wildman–Crippen MR) is 68.1 cm³/mol. The van der Waals surface area contributed by atoms with E-state index in [4.69, 9.17) is 0 Å². The number of carbonyl (C=O) groups excluding carboxylic acids is 1. The molecule has 0 atom stereocenters. The molecule has 0 aliphatic heterocycles. The number of unbranched alkanes of at least 4 members (excludes halogenated alkanes) is 5. The zero-order valence-electron chi connectivity index (χ0n) is 10.7. The van der Waals surface area contributed by atoms with Crippen molar-refractivity contribution < 1.29 is 17.4 Å². The summed E-state index contributed by atoms with van der Waals surface area (Å²) in [6.45, 7) is 6.88. The van der Waals surface area contributed by atoms with E-state index in [1.165, 1.54) is 13.3 Å². The molecule has 0 aliphatic rings. The topological polar surface area (TPSA) is 60.4 Å². The smallest absolute Gasteiger partial charge is 0.342 e. The van der Waals surface area contributed by atoms with E-state index < -0.39 is 16.1 Å². The fraction of sp³-hybridized carbons (Fsp3) is 0.750. The van der Waals surface area contributed by atoms with E-state index >= 15 is 0 Å². The Kier molecular flexibility index (Phi) is 7.87. The maximum Gasteiger partial charge on any atom is 0.348 e. The molecule has 0 heterocycles. The van der Waals surface area contributed by atoms with Crippen molar-refractivity contribution in [2.45, 2.75) is 52.4 Å². The number of hydrogen-bond donors (Lipinski definition) is 0. The first kappa shape index (κ1) is 16.2. The van der Waals surface area contributed by atoms with E-state index in [0.29, 0.717) is 6.42 Å². The highest BCUT2D eigenvalue weighted by atomic mass is 32.2. The van der Waals surface area contributed by atoms with Gasteiger partial charge in [-0.05, 0) is 13.3 Å². The van der Waals surface area contributed by atoms with Crippen LogP contribution in [0.15, 0.2) is 12.2 Å². The van der Waals surface area contributed by atoms with E-state index in [1.807, 2.05) is 0 Å². The molecule has 0 unspecified atom stereocenters. The van der Waals surface area contributed by atoms with Gasteiger partial charge >= 0.3 is 16.1 Å². The van der Waals surface area contributed by atoms with Gasteiger partial charge in [0.15, 0.2) is 0 Å². The second-order valence-electron chi connectivity index (χ2n) is 4.18. The van der Waals surface area contributed by atoms with Gasteiger partial charge in [-0.25, -0.2) is 4.79 Å². The zero-order chi connectivity index (χ0) is 13.3. The van der Waals surface area contributed by atoms with Gasteiger partial charge in [-0.1, -0.05) is 45.6 Å². The van der Waals surface area contributed by atoms with Crippen LogP contribution in [0.5, 0.6) is 0 Å². The highest BCUT2D eigenvalue weighted by molar-refractivity contribution is 7.87. The van der Waals surface area contributed by atoms with Gasteiger partial charge in [-0.2, -0.15) is 8.42 Å². The summed E-state index contributed by atoms with van der Waals surface area (Å²) < 4.78 is 27.1. The summed E-state index contributed by atoms with van der Waals surface area (Å²) in [7, 11) is -3.73. The molecule has 0 saturated carbocycles. The van der Waals surface area contributed by atoms with Gasteiger partial charge < -0.3 is 4.18 Å². The molecule has 0 rings (SSSR count). The average molecular weight is 262 g/mol. The third-order valence-corrected chi connectivity index (χ3v) is 3.49. The summed E-state index contributed by atoms with van der Waals surface area (Å²) in [5.74, 6) is -0.964. The van der Waals surface area contributed by atoms with E-state index in [1.54, 1.807) is 0 Å². The molecule has 17 heavy (non-hydrogen) atoms. The first-order valence-corrected chi connectivity index (χ1v) is 7.58. The molecule has 0 saturated heterocycles. The standard InChI is InChI=1S/C12H22O4S/c1-4-5-6-7-8-9-10-17(14,15)16-12(13)11(2)3/h2,4-10H2,1,3H3. The Labute approximate surface area is 104 Å². The second kappa shape index (κ2) is 8.28. The van der Waals surface area contributed by atoms with Crippen LogP contribution in [-0.2, 0) is 19.1 Å². The predicted octanol–water partition coefficient (Wildman–Crippen LogP) is 2.80. The minimum atomic E-state index is -3.73. The van der Waals surface area contributed by atoms with Crippen LogP contribution in [0.2, 0.25) is 0 Å². The first-order chi connectivity index (χ1) is 7.89. The monoisotopic (exact) mass is 262 g/mol. The summed E-state index contributed by atoms with van der Waals surface area (Å²) >= 11 is 0. The quantitative estimate of drug-likeness (QED) is 0.364. The van der Waals surface area contributed by atoms with Crippen molar-refractivity contribution in [2.24, 2.45) is 0 Å². The molecule has 0 aromatic rings. The molecule has 100 valence electrons. The van der Waals surface area contributed by atoms with Crippen molar-refractivity contribution in [1.82, 2.24) is 0 Å². The highest BCUT2D eigenvalue weighted by Crippen LogP contribution is 2.08. The van der Waals surface area contributed by atoms with E-state index in [2.05, 4.69) is 17.7 Å². The van der Waals surface area contributed by atoms with Crippen LogP contribution in [-0.4, -0.2) is 20.1 Å².